The van der Waals surface area contributed by atoms with Crippen molar-refractivity contribution in [3.63, 3.8) is 0 Å². The van der Waals surface area contributed by atoms with E-state index in [-0.39, 0.29) is 5.92 Å². The van der Waals surface area contributed by atoms with Crippen molar-refractivity contribution in [3.8, 4) is 0 Å². The first-order valence-corrected chi connectivity index (χ1v) is 5.36. The summed E-state index contributed by atoms with van der Waals surface area (Å²) in [7, 11) is 0. The van der Waals surface area contributed by atoms with Crippen molar-refractivity contribution in [3.05, 3.63) is 35.4 Å². The van der Waals surface area contributed by atoms with E-state index < -0.39 is 11.7 Å². The highest BCUT2D eigenvalue weighted by Gasteiger charge is 2.30. The monoisotopic (exact) mass is 231 g/mol. The second-order valence-electron chi connectivity index (χ2n) is 3.80. The van der Waals surface area contributed by atoms with Crippen LogP contribution in [0.15, 0.2) is 24.3 Å². The van der Waals surface area contributed by atoms with Gasteiger partial charge in [0.2, 0.25) is 0 Å². The van der Waals surface area contributed by atoms with E-state index in [1.807, 2.05) is 6.92 Å². The van der Waals surface area contributed by atoms with Crippen molar-refractivity contribution in [2.24, 2.45) is 5.73 Å². The number of halogens is 3. The molecule has 0 saturated heterocycles. The fraction of sp³-hybridized carbons (Fsp3) is 0.500. The van der Waals surface area contributed by atoms with Gasteiger partial charge in [0.1, 0.15) is 0 Å². The molecule has 0 amide bonds. The summed E-state index contributed by atoms with van der Waals surface area (Å²) in [5, 5.41) is 0. The van der Waals surface area contributed by atoms with Gasteiger partial charge >= 0.3 is 6.18 Å². The molecular formula is C12H16F3N. The van der Waals surface area contributed by atoms with Crippen LogP contribution >= 0.6 is 0 Å². The van der Waals surface area contributed by atoms with Crippen molar-refractivity contribution in [2.45, 2.75) is 31.9 Å². The van der Waals surface area contributed by atoms with E-state index in [4.69, 9.17) is 5.73 Å². The minimum absolute atomic E-state index is 0.257. The molecule has 0 aromatic heterocycles. The zero-order chi connectivity index (χ0) is 12.2. The Morgan fingerprint density at radius 1 is 1.19 bits per heavy atom. The Labute approximate surface area is 93.5 Å². The number of benzene rings is 1. The zero-order valence-corrected chi connectivity index (χ0v) is 9.22. The lowest BCUT2D eigenvalue weighted by Gasteiger charge is -2.15. The zero-order valence-electron chi connectivity index (χ0n) is 9.22. The summed E-state index contributed by atoms with van der Waals surface area (Å²) in [6, 6.07) is 5.36. The highest BCUT2D eigenvalue weighted by molar-refractivity contribution is 5.27. The largest absolute Gasteiger partial charge is 0.416 e. The summed E-state index contributed by atoms with van der Waals surface area (Å²) >= 11 is 0. The summed E-state index contributed by atoms with van der Waals surface area (Å²) in [6.45, 7) is 2.57. The van der Waals surface area contributed by atoms with E-state index in [1.165, 1.54) is 0 Å². The van der Waals surface area contributed by atoms with Crippen LogP contribution in [0.4, 0.5) is 13.2 Å². The molecule has 90 valence electrons. The highest BCUT2D eigenvalue weighted by Crippen LogP contribution is 2.31. The van der Waals surface area contributed by atoms with Gasteiger partial charge in [-0.05, 0) is 43.0 Å². The SMILES string of the molecule is CCC(CCN)c1ccc(C(F)(F)F)cc1. The summed E-state index contributed by atoms with van der Waals surface area (Å²) in [5.74, 6) is 0.257. The van der Waals surface area contributed by atoms with E-state index >= 15 is 0 Å². The first-order chi connectivity index (χ1) is 7.49. The van der Waals surface area contributed by atoms with Gasteiger partial charge < -0.3 is 5.73 Å². The van der Waals surface area contributed by atoms with Crippen molar-refractivity contribution >= 4 is 0 Å². The maximum Gasteiger partial charge on any atom is 0.416 e. The maximum atomic E-state index is 12.3. The van der Waals surface area contributed by atoms with Crippen molar-refractivity contribution in [1.29, 1.82) is 0 Å². The summed E-state index contributed by atoms with van der Waals surface area (Å²) in [5.41, 5.74) is 5.79. The van der Waals surface area contributed by atoms with Crippen LogP contribution in [0.2, 0.25) is 0 Å². The van der Waals surface area contributed by atoms with Gasteiger partial charge in [0.15, 0.2) is 0 Å². The van der Waals surface area contributed by atoms with Gasteiger partial charge in [0.25, 0.3) is 0 Å². The average Bonchev–Trinajstić information content (AvgIpc) is 2.25. The molecule has 0 radical (unpaired) electrons. The van der Waals surface area contributed by atoms with E-state index in [0.717, 1.165) is 30.5 Å². The van der Waals surface area contributed by atoms with Gasteiger partial charge in [-0.3, -0.25) is 0 Å². The normalized spacial score (nSPS) is 13.8. The lowest BCUT2D eigenvalue weighted by Crippen LogP contribution is -2.08. The molecule has 16 heavy (non-hydrogen) atoms. The molecule has 0 aliphatic heterocycles. The first-order valence-electron chi connectivity index (χ1n) is 5.36. The molecule has 0 spiro atoms. The lowest BCUT2D eigenvalue weighted by atomic mass is 9.92. The van der Waals surface area contributed by atoms with Crippen LogP contribution in [0.1, 0.15) is 36.8 Å². The predicted molar refractivity (Wildman–Crippen MR) is 58.1 cm³/mol. The average molecular weight is 231 g/mol. The summed E-state index contributed by atoms with van der Waals surface area (Å²) in [4.78, 5) is 0. The Hall–Kier alpha value is -1.03. The Morgan fingerprint density at radius 2 is 1.75 bits per heavy atom. The molecule has 1 rings (SSSR count). The van der Waals surface area contributed by atoms with E-state index in [0.29, 0.717) is 6.54 Å². The molecule has 4 heteroatoms. The van der Waals surface area contributed by atoms with Gasteiger partial charge in [-0.2, -0.15) is 13.2 Å². The van der Waals surface area contributed by atoms with Crippen LogP contribution in [0.3, 0.4) is 0 Å². The van der Waals surface area contributed by atoms with Crippen LogP contribution in [0.25, 0.3) is 0 Å². The number of hydrogen-bond acceptors (Lipinski definition) is 1. The Kier molecular flexibility index (Phi) is 4.35. The minimum Gasteiger partial charge on any atom is -0.330 e. The molecule has 0 fully saturated rings. The topological polar surface area (TPSA) is 26.0 Å². The number of hydrogen-bond donors (Lipinski definition) is 1. The number of nitrogens with two attached hydrogens (primary N) is 1. The van der Waals surface area contributed by atoms with Crippen molar-refractivity contribution < 1.29 is 13.2 Å². The molecule has 1 nitrogen and oxygen atoms in total. The molecular weight excluding hydrogens is 215 g/mol. The van der Waals surface area contributed by atoms with Gasteiger partial charge in [0, 0.05) is 0 Å². The molecule has 1 atom stereocenters. The Bertz CT molecular complexity index is 316. The molecule has 1 aromatic rings. The Balaban J connectivity index is 2.85. The number of rotatable bonds is 4. The minimum atomic E-state index is -4.26. The fourth-order valence-electron chi connectivity index (χ4n) is 1.75. The van der Waals surface area contributed by atoms with Gasteiger partial charge in [-0.1, -0.05) is 19.1 Å². The third-order valence-electron chi connectivity index (χ3n) is 2.72. The van der Waals surface area contributed by atoms with Gasteiger partial charge in [-0.25, -0.2) is 0 Å². The molecule has 0 aliphatic rings. The molecule has 0 aliphatic carbocycles. The summed E-state index contributed by atoms with van der Waals surface area (Å²) in [6.07, 6.45) is -2.56. The third-order valence-corrected chi connectivity index (χ3v) is 2.72. The predicted octanol–water partition coefficient (Wildman–Crippen LogP) is 3.55. The lowest BCUT2D eigenvalue weighted by molar-refractivity contribution is -0.137. The molecule has 2 N–H and O–H groups in total. The quantitative estimate of drug-likeness (QED) is 0.842. The van der Waals surface area contributed by atoms with Gasteiger partial charge in [-0.15, -0.1) is 0 Å². The molecule has 0 heterocycles. The second-order valence-corrected chi connectivity index (χ2v) is 3.80. The summed E-state index contributed by atoms with van der Waals surface area (Å²) < 4.78 is 37.0. The highest BCUT2D eigenvalue weighted by atomic mass is 19.4. The van der Waals surface area contributed by atoms with Crippen LogP contribution < -0.4 is 5.73 Å². The second kappa shape index (κ2) is 5.34. The van der Waals surface area contributed by atoms with E-state index in [1.54, 1.807) is 12.1 Å². The maximum absolute atomic E-state index is 12.3. The molecule has 1 aromatic carbocycles. The Morgan fingerprint density at radius 3 is 2.12 bits per heavy atom. The van der Waals surface area contributed by atoms with Crippen LogP contribution in [-0.2, 0) is 6.18 Å². The number of alkyl halides is 3. The van der Waals surface area contributed by atoms with Crippen LogP contribution in [0.5, 0.6) is 0 Å². The molecule has 0 saturated carbocycles. The smallest absolute Gasteiger partial charge is 0.330 e. The molecule has 0 bridgehead atoms. The van der Waals surface area contributed by atoms with E-state index in [9.17, 15) is 13.2 Å². The standard InChI is InChI=1S/C12H16F3N/c1-2-9(7-8-16)10-3-5-11(6-4-10)12(13,14)15/h3-6,9H,2,7-8,16H2,1H3. The molecule has 1 unspecified atom stereocenters. The van der Waals surface area contributed by atoms with Crippen molar-refractivity contribution in [1.82, 2.24) is 0 Å². The van der Waals surface area contributed by atoms with Crippen LogP contribution in [-0.4, -0.2) is 6.54 Å². The third kappa shape index (κ3) is 3.23. The van der Waals surface area contributed by atoms with E-state index in [2.05, 4.69) is 0 Å². The van der Waals surface area contributed by atoms with Gasteiger partial charge in [0.05, 0.1) is 5.56 Å². The fourth-order valence-corrected chi connectivity index (χ4v) is 1.75. The first kappa shape index (κ1) is 13.0. The van der Waals surface area contributed by atoms with Crippen LogP contribution in [0, 0.1) is 0 Å². The van der Waals surface area contributed by atoms with Crippen molar-refractivity contribution in [2.75, 3.05) is 6.54 Å².